The molecule has 8 heteroatoms. The lowest BCUT2D eigenvalue weighted by Crippen LogP contribution is -2.12. The molecule has 0 aromatic heterocycles. The molecule has 0 aliphatic rings. The second kappa shape index (κ2) is 15.7. The van der Waals surface area contributed by atoms with Crippen molar-refractivity contribution in [2.45, 2.75) is 4.90 Å². The molecule has 0 saturated carbocycles. The van der Waals surface area contributed by atoms with Crippen LogP contribution in [0.1, 0.15) is 32.6 Å². The average molecular weight is 615 g/mol. The van der Waals surface area contributed by atoms with Gasteiger partial charge in [0.1, 0.15) is 11.5 Å². The molecule has 7 nitrogen and oxygen atoms in total. The zero-order valence-corrected chi connectivity index (χ0v) is 24.7. The number of aliphatic hydroxyl groups is 2. The zero-order valence-electron chi connectivity index (χ0n) is 23.9. The van der Waals surface area contributed by atoms with Gasteiger partial charge in [0.25, 0.3) is 0 Å². The van der Waals surface area contributed by atoms with Gasteiger partial charge in [-0.25, -0.2) is 9.59 Å². The van der Waals surface area contributed by atoms with Gasteiger partial charge in [0.15, 0.2) is 0 Å². The number of hydrogen-bond acceptors (Lipinski definition) is 8. The number of thioether (sulfide) groups is 1. The maximum Gasteiger partial charge on any atom is 0.341 e. The summed E-state index contributed by atoms with van der Waals surface area (Å²) in [5.41, 5.74) is 3.52. The molecule has 2 N–H and O–H groups in total. The Morgan fingerprint density at radius 3 is 1.27 bits per heavy atom. The summed E-state index contributed by atoms with van der Waals surface area (Å²) in [6, 6.07) is 27.7. The highest BCUT2D eigenvalue weighted by Gasteiger charge is 2.12. The number of aliphatic hydroxyl groups excluding tert-OH is 2. The summed E-state index contributed by atoms with van der Waals surface area (Å²) < 4.78 is 10.2. The van der Waals surface area contributed by atoms with Crippen LogP contribution in [0.2, 0.25) is 0 Å². The molecule has 45 heavy (non-hydrogen) atoms. The van der Waals surface area contributed by atoms with Gasteiger partial charge in [-0.2, -0.15) is 0 Å². The van der Waals surface area contributed by atoms with Crippen LogP contribution in [0.25, 0.3) is 0 Å². The average Bonchev–Trinajstić information content (AvgIpc) is 3.07. The molecular weight excluding hydrogens is 588 g/mol. The summed E-state index contributed by atoms with van der Waals surface area (Å²) in [7, 11) is 0. The Morgan fingerprint density at radius 1 is 0.556 bits per heavy atom. The standard InChI is InChI=1S/C37H26O7S/c1-25(23-38)35(40)43-32-17-11-29(12-18-32)9-7-27-3-5-28(6-4-27)8-10-30-13-21-34(22-14-30)45-37(42)31-15-19-33(20-16-31)44-36(41)26(2)24-39/h3-6,11-22,38-39H,1-2,23-24H2. The molecule has 0 amide bonds. The number of carbonyl (C=O) groups is 3. The Labute approximate surface area is 264 Å². The normalized spacial score (nSPS) is 9.91. The molecule has 0 heterocycles. The molecule has 4 aromatic carbocycles. The SMILES string of the molecule is C=C(CO)C(=O)Oc1ccc(C#Cc2ccc(C#Cc3ccc(SC(=O)c4ccc(OC(=O)C(=C)CO)cc4)cc3)cc2)cc1. The van der Waals surface area contributed by atoms with E-state index in [1.165, 1.54) is 12.1 Å². The van der Waals surface area contributed by atoms with Crippen LogP contribution in [0.3, 0.4) is 0 Å². The highest BCUT2D eigenvalue weighted by Crippen LogP contribution is 2.24. The summed E-state index contributed by atoms with van der Waals surface area (Å²) in [5.74, 6) is 11.6. The van der Waals surface area contributed by atoms with Crippen LogP contribution in [0, 0.1) is 23.7 Å². The molecule has 0 bridgehead atoms. The number of esters is 2. The number of carbonyl (C=O) groups excluding carboxylic acids is 3. The fourth-order valence-corrected chi connectivity index (χ4v) is 4.19. The van der Waals surface area contributed by atoms with Crippen molar-refractivity contribution in [1.29, 1.82) is 0 Å². The van der Waals surface area contributed by atoms with Gasteiger partial charge >= 0.3 is 11.9 Å². The zero-order chi connectivity index (χ0) is 32.2. The highest BCUT2D eigenvalue weighted by molar-refractivity contribution is 8.14. The molecule has 0 spiro atoms. The third kappa shape index (κ3) is 9.69. The molecule has 222 valence electrons. The van der Waals surface area contributed by atoms with Crippen LogP contribution in [0.5, 0.6) is 11.5 Å². The number of ether oxygens (including phenoxy) is 2. The Kier molecular flexibility index (Phi) is 11.3. The summed E-state index contributed by atoms with van der Waals surface area (Å²) in [4.78, 5) is 36.8. The molecule has 0 atom stereocenters. The van der Waals surface area contributed by atoms with Gasteiger partial charge in [-0.05, 0) is 109 Å². The maximum atomic E-state index is 12.7. The van der Waals surface area contributed by atoms with Gasteiger partial charge in [-0.3, -0.25) is 4.79 Å². The summed E-state index contributed by atoms with van der Waals surface area (Å²) in [5, 5.41) is 17.7. The first kappa shape index (κ1) is 32.3. The molecule has 0 fully saturated rings. The monoisotopic (exact) mass is 614 g/mol. The Hall–Kier alpha value is -5.64. The second-order valence-electron chi connectivity index (χ2n) is 9.34. The predicted molar refractivity (Wildman–Crippen MR) is 172 cm³/mol. The maximum absolute atomic E-state index is 12.7. The fraction of sp³-hybridized carbons (Fsp3) is 0.0541. The van der Waals surface area contributed by atoms with E-state index in [-0.39, 0.29) is 22.0 Å². The van der Waals surface area contributed by atoms with Crippen LogP contribution in [0.4, 0.5) is 0 Å². The van der Waals surface area contributed by atoms with Gasteiger partial charge in [0, 0.05) is 32.7 Å². The van der Waals surface area contributed by atoms with Crippen molar-refractivity contribution in [3.63, 3.8) is 0 Å². The molecule has 0 unspecified atom stereocenters. The topological polar surface area (TPSA) is 110 Å². The fourth-order valence-electron chi connectivity index (χ4n) is 3.45. The van der Waals surface area contributed by atoms with Crippen molar-refractivity contribution >= 4 is 28.8 Å². The minimum Gasteiger partial charge on any atom is -0.423 e. The predicted octanol–water partition coefficient (Wildman–Crippen LogP) is 5.33. The van der Waals surface area contributed by atoms with E-state index in [9.17, 15) is 14.4 Å². The van der Waals surface area contributed by atoms with Crippen LogP contribution in [0.15, 0.2) is 126 Å². The van der Waals surface area contributed by atoms with Crippen LogP contribution in [-0.4, -0.2) is 40.5 Å². The van der Waals surface area contributed by atoms with Crippen LogP contribution < -0.4 is 9.47 Å². The lowest BCUT2D eigenvalue weighted by Gasteiger charge is -2.06. The van der Waals surface area contributed by atoms with E-state index in [0.717, 1.165) is 38.9 Å². The first-order valence-corrected chi connectivity index (χ1v) is 14.2. The summed E-state index contributed by atoms with van der Waals surface area (Å²) in [6.45, 7) is 5.89. The van der Waals surface area contributed by atoms with Gasteiger partial charge in [0.05, 0.1) is 24.4 Å². The lowest BCUT2D eigenvalue weighted by molar-refractivity contribution is -0.131. The highest BCUT2D eigenvalue weighted by atomic mass is 32.2. The minimum absolute atomic E-state index is 0.0233. The first-order valence-electron chi connectivity index (χ1n) is 13.4. The van der Waals surface area contributed by atoms with Gasteiger partial charge in [-0.15, -0.1) is 0 Å². The van der Waals surface area contributed by atoms with E-state index in [1.807, 2.05) is 48.5 Å². The van der Waals surface area contributed by atoms with E-state index in [0.29, 0.717) is 11.3 Å². The minimum atomic E-state index is -0.730. The molecular formula is C37H26O7S. The van der Waals surface area contributed by atoms with E-state index >= 15 is 0 Å². The third-order valence-electron chi connectivity index (χ3n) is 5.98. The van der Waals surface area contributed by atoms with Gasteiger partial charge < -0.3 is 19.7 Å². The van der Waals surface area contributed by atoms with Crippen LogP contribution >= 0.6 is 11.8 Å². The molecule has 0 aliphatic heterocycles. The van der Waals surface area contributed by atoms with Crippen molar-refractivity contribution in [3.05, 3.63) is 149 Å². The number of benzene rings is 4. The van der Waals surface area contributed by atoms with E-state index < -0.39 is 25.2 Å². The largest absolute Gasteiger partial charge is 0.423 e. The molecule has 0 aliphatic carbocycles. The lowest BCUT2D eigenvalue weighted by atomic mass is 10.1. The van der Waals surface area contributed by atoms with Crippen molar-refractivity contribution < 1.29 is 34.1 Å². The van der Waals surface area contributed by atoms with E-state index in [2.05, 4.69) is 36.8 Å². The molecule has 4 aromatic rings. The summed E-state index contributed by atoms with van der Waals surface area (Å²) in [6.07, 6.45) is 0. The van der Waals surface area contributed by atoms with Crippen molar-refractivity contribution in [1.82, 2.24) is 0 Å². The summed E-state index contributed by atoms with van der Waals surface area (Å²) >= 11 is 1.07. The quantitative estimate of drug-likeness (QED) is 0.0902. The number of hydrogen-bond donors (Lipinski definition) is 2. The Bertz CT molecular complexity index is 1850. The number of rotatable bonds is 8. The van der Waals surface area contributed by atoms with Crippen molar-refractivity contribution in [2.75, 3.05) is 13.2 Å². The van der Waals surface area contributed by atoms with Gasteiger partial charge in [-0.1, -0.05) is 36.8 Å². The Morgan fingerprint density at radius 2 is 0.889 bits per heavy atom. The smallest absolute Gasteiger partial charge is 0.341 e. The van der Waals surface area contributed by atoms with E-state index in [4.69, 9.17) is 19.7 Å². The van der Waals surface area contributed by atoms with Crippen LogP contribution in [-0.2, 0) is 9.59 Å². The molecule has 4 rings (SSSR count). The third-order valence-corrected chi connectivity index (χ3v) is 6.91. The molecule has 0 radical (unpaired) electrons. The molecule has 0 saturated heterocycles. The van der Waals surface area contributed by atoms with Crippen molar-refractivity contribution in [2.24, 2.45) is 0 Å². The first-order chi connectivity index (χ1) is 21.7. The Balaban J connectivity index is 1.29. The van der Waals surface area contributed by atoms with Crippen molar-refractivity contribution in [3.8, 4) is 35.2 Å². The van der Waals surface area contributed by atoms with E-state index in [1.54, 1.807) is 36.4 Å². The second-order valence-corrected chi connectivity index (χ2v) is 10.4. The van der Waals surface area contributed by atoms with Gasteiger partial charge in [0.2, 0.25) is 5.12 Å².